The Morgan fingerprint density at radius 2 is 2.18 bits per heavy atom. The zero-order valence-corrected chi connectivity index (χ0v) is 10.1. The highest BCUT2D eigenvalue weighted by molar-refractivity contribution is 5.34. The third-order valence-corrected chi connectivity index (χ3v) is 3.42. The van der Waals surface area contributed by atoms with Gasteiger partial charge in [0.15, 0.2) is 0 Å². The van der Waals surface area contributed by atoms with E-state index in [0.29, 0.717) is 0 Å². The van der Waals surface area contributed by atoms with Gasteiger partial charge in [0.05, 0.1) is 6.33 Å². The average molecular weight is 227 g/mol. The fraction of sp³-hybridized carbons (Fsp3) is 0.357. The molecule has 1 aromatic carbocycles. The monoisotopic (exact) mass is 227 g/mol. The first kappa shape index (κ1) is 10.5. The van der Waals surface area contributed by atoms with Crippen LogP contribution in [0.25, 0.3) is 0 Å². The number of nitrogens with one attached hydrogen (secondary N) is 1. The second-order valence-corrected chi connectivity index (χ2v) is 4.57. The van der Waals surface area contributed by atoms with Crippen LogP contribution in [0.3, 0.4) is 0 Å². The van der Waals surface area contributed by atoms with Crippen LogP contribution in [0.2, 0.25) is 0 Å². The third-order valence-electron chi connectivity index (χ3n) is 3.42. The summed E-state index contributed by atoms with van der Waals surface area (Å²) in [5.41, 5.74) is 5.54. The van der Waals surface area contributed by atoms with Crippen LogP contribution in [0, 0.1) is 0 Å². The lowest BCUT2D eigenvalue weighted by atomic mass is 10.1. The number of hydrogen-bond donors (Lipinski definition) is 1. The van der Waals surface area contributed by atoms with E-state index in [9.17, 15) is 0 Å². The third kappa shape index (κ3) is 1.98. The standard InChI is InChI=1S/C14H17N3/c1-2-14-8-16-10-17(14)9-11-3-4-12-6-15-7-13(12)5-11/h3-5,8,10,15H,2,6-7,9H2,1H3. The fourth-order valence-electron chi connectivity index (χ4n) is 2.43. The SMILES string of the molecule is CCc1cncn1Cc1ccc2c(c1)CNC2. The number of nitrogens with zero attached hydrogens (tertiary/aromatic N) is 2. The summed E-state index contributed by atoms with van der Waals surface area (Å²) in [4.78, 5) is 4.21. The molecule has 0 bridgehead atoms. The van der Waals surface area contributed by atoms with E-state index in [1.807, 2.05) is 12.5 Å². The first-order valence-electron chi connectivity index (χ1n) is 6.17. The van der Waals surface area contributed by atoms with Gasteiger partial charge in [-0.1, -0.05) is 25.1 Å². The molecule has 3 heteroatoms. The number of aryl methyl sites for hydroxylation is 1. The van der Waals surface area contributed by atoms with Gasteiger partial charge in [-0.15, -0.1) is 0 Å². The van der Waals surface area contributed by atoms with E-state index in [-0.39, 0.29) is 0 Å². The molecule has 3 rings (SSSR count). The van der Waals surface area contributed by atoms with Crippen LogP contribution in [0.4, 0.5) is 0 Å². The summed E-state index contributed by atoms with van der Waals surface area (Å²) in [5.74, 6) is 0. The van der Waals surface area contributed by atoms with Crippen molar-refractivity contribution in [1.82, 2.24) is 14.9 Å². The molecular weight excluding hydrogens is 210 g/mol. The van der Waals surface area contributed by atoms with Crippen LogP contribution in [0.1, 0.15) is 29.3 Å². The Balaban J connectivity index is 1.86. The average Bonchev–Trinajstić information content (AvgIpc) is 2.96. The maximum Gasteiger partial charge on any atom is 0.0951 e. The number of rotatable bonds is 3. The van der Waals surface area contributed by atoms with Gasteiger partial charge < -0.3 is 9.88 Å². The Hall–Kier alpha value is -1.61. The van der Waals surface area contributed by atoms with Gasteiger partial charge in [0.2, 0.25) is 0 Å². The van der Waals surface area contributed by atoms with E-state index >= 15 is 0 Å². The highest BCUT2D eigenvalue weighted by Gasteiger charge is 2.10. The zero-order chi connectivity index (χ0) is 11.7. The van der Waals surface area contributed by atoms with E-state index in [2.05, 4.69) is 40.0 Å². The zero-order valence-electron chi connectivity index (χ0n) is 10.1. The van der Waals surface area contributed by atoms with Gasteiger partial charge in [-0.2, -0.15) is 0 Å². The van der Waals surface area contributed by atoms with Crippen molar-refractivity contribution in [2.75, 3.05) is 0 Å². The summed E-state index contributed by atoms with van der Waals surface area (Å²) in [5, 5.41) is 3.38. The maximum absolute atomic E-state index is 4.21. The molecule has 17 heavy (non-hydrogen) atoms. The van der Waals surface area contributed by atoms with Gasteiger partial charge in [0.25, 0.3) is 0 Å². The molecule has 1 aliphatic rings. The molecule has 88 valence electrons. The van der Waals surface area contributed by atoms with E-state index in [0.717, 1.165) is 26.1 Å². The minimum Gasteiger partial charge on any atom is -0.330 e. The molecule has 0 fully saturated rings. The van der Waals surface area contributed by atoms with Crippen LogP contribution in [0.15, 0.2) is 30.7 Å². The van der Waals surface area contributed by atoms with Crippen LogP contribution in [-0.2, 0) is 26.1 Å². The molecule has 0 spiro atoms. The normalized spacial score (nSPS) is 13.9. The van der Waals surface area contributed by atoms with Crippen LogP contribution >= 0.6 is 0 Å². The Kier molecular flexibility index (Phi) is 2.69. The predicted molar refractivity (Wildman–Crippen MR) is 67.7 cm³/mol. The minimum atomic E-state index is 0.927. The van der Waals surface area contributed by atoms with Crippen LogP contribution < -0.4 is 5.32 Å². The van der Waals surface area contributed by atoms with Gasteiger partial charge in [0, 0.05) is 31.5 Å². The van der Waals surface area contributed by atoms with Crippen molar-refractivity contribution in [2.24, 2.45) is 0 Å². The van der Waals surface area contributed by atoms with Gasteiger partial charge in [-0.25, -0.2) is 4.98 Å². The molecule has 0 saturated carbocycles. The molecule has 0 saturated heterocycles. The van der Waals surface area contributed by atoms with Gasteiger partial charge >= 0.3 is 0 Å². The van der Waals surface area contributed by atoms with E-state index in [4.69, 9.17) is 0 Å². The molecule has 2 heterocycles. The Bertz CT molecular complexity index is 528. The van der Waals surface area contributed by atoms with Crippen molar-refractivity contribution in [1.29, 1.82) is 0 Å². The molecule has 0 atom stereocenters. The van der Waals surface area contributed by atoms with E-state index < -0.39 is 0 Å². The lowest BCUT2D eigenvalue weighted by Gasteiger charge is -2.08. The largest absolute Gasteiger partial charge is 0.330 e. The van der Waals surface area contributed by atoms with Crippen molar-refractivity contribution >= 4 is 0 Å². The number of fused-ring (bicyclic) bond motifs is 1. The Labute approximate surface area is 101 Å². The first-order chi connectivity index (χ1) is 8.36. The molecule has 0 aliphatic carbocycles. The maximum atomic E-state index is 4.21. The smallest absolute Gasteiger partial charge is 0.0951 e. The first-order valence-corrected chi connectivity index (χ1v) is 6.17. The second-order valence-electron chi connectivity index (χ2n) is 4.57. The lowest BCUT2D eigenvalue weighted by Crippen LogP contribution is -2.03. The number of aromatic nitrogens is 2. The summed E-state index contributed by atoms with van der Waals surface area (Å²) in [7, 11) is 0. The highest BCUT2D eigenvalue weighted by Crippen LogP contribution is 2.18. The Morgan fingerprint density at radius 3 is 3.06 bits per heavy atom. The van der Waals surface area contributed by atoms with Crippen molar-refractivity contribution in [2.45, 2.75) is 33.0 Å². The van der Waals surface area contributed by atoms with Crippen LogP contribution in [-0.4, -0.2) is 9.55 Å². The van der Waals surface area contributed by atoms with Crippen molar-refractivity contribution < 1.29 is 0 Å². The van der Waals surface area contributed by atoms with Crippen molar-refractivity contribution in [3.8, 4) is 0 Å². The van der Waals surface area contributed by atoms with Gasteiger partial charge in [-0.3, -0.25) is 0 Å². The molecule has 0 amide bonds. The van der Waals surface area contributed by atoms with Crippen molar-refractivity contribution in [3.05, 3.63) is 53.1 Å². The fourth-order valence-corrected chi connectivity index (χ4v) is 2.43. The summed E-state index contributed by atoms with van der Waals surface area (Å²) < 4.78 is 2.23. The Morgan fingerprint density at radius 1 is 1.29 bits per heavy atom. The lowest BCUT2D eigenvalue weighted by molar-refractivity contribution is 0.744. The number of benzene rings is 1. The molecule has 2 aromatic rings. The quantitative estimate of drug-likeness (QED) is 0.870. The summed E-state index contributed by atoms with van der Waals surface area (Å²) >= 11 is 0. The van der Waals surface area contributed by atoms with E-state index in [1.54, 1.807) is 0 Å². The van der Waals surface area contributed by atoms with Crippen LogP contribution in [0.5, 0.6) is 0 Å². The highest BCUT2D eigenvalue weighted by atomic mass is 15.0. The molecule has 1 aromatic heterocycles. The topological polar surface area (TPSA) is 29.9 Å². The molecular formula is C14H17N3. The van der Waals surface area contributed by atoms with Crippen molar-refractivity contribution in [3.63, 3.8) is 0 Å². The van der Waals surface area contributed by atoms with Gasteiger partial charge in [-0.05, 0) is 23.1 Å². The predicted octanol–water partition coefficient (Wildman–Crippen LogP) is 2.10. The number of imidazole rings is 1. The summed E-state index contributed by atoms with van der Waals surface area (Å²) in [6.45, 7) is 5.12. The minimum absolute atomic E-state index is 0.927. The molecule has 3 nitrogen and oxygen atoms in total. The summed E-state index contributed by atoms with van der Waals surface area (Å²) in [6.07, 6.45) is 4.91. The summed E-state index contributed by atoms with van der Waals surface area (Å²) in [6, 6.07) is 6.78. The number of hydrogen-bond acceptors (Lipinski definition) is 2. The molecule has 1 aliphatic heterocycles. The molecule has 0 unspecified atom stereocenters. The van der Waals surface area contributed by atoms with E-state index in [1.165, 1.54) is 22.4 Å². The molecule has 1 N–H and O–H groups in total. The van der Waals surface area contributed by atoms with Gasteiger partial charge in [0.1, 0.15) is 0 Å². The second kappa shape index (κ2) is 4.34. The molecule has 0 radical (unpaired) electrons.